The first-order chi connectivity index (χ1) is 14.3. The zero-order valence-electron chi connectivity index (χ0n) is 20.8. The summed E-state index contributed by atoms with van der Waals surface area (Å²) in [5.41, 5.74) is 2.60. The quantitative estimate of drug-likeness (QED) is 0.416. The Balaban J connectivity index is 1.46. The first kappa shape index (κ1) is 22.9. The van der Waals surface area contributed by atoms with E-state index in [1.54, 1.807) is 5.57 Å². The molecule has 3 fully saturated rings. The molecule has 3 saturated carbocycles. The molecular formula is C29H50O. The average molecular weight is 415 g/mol. The molecule has 0 aromatic heterocycles. The van der Waals surface area contributed by atoms with E-state index in [2.05, 4.69) is 40.7 Å². The van der Waals surface area contributed by atoms with E-state index in [0.29, 0.717) is 10.8 Å². The number of aliphatic hydroxyl groups is 1. The fourth-order valence-electron chi connectivity index (χ4n) is 9.28. The van der Waals surface area contributed by atoms with E-state index in [1.807, 2.05) is 0 Å². The fourth-order valence-corrected chi connectivity index (χ4v) is 9.28. The van der Waals surface area contributed by atoms with E-state index in [9.17, 15) is 5.11 Å². The second kappa shape index (κ2) is 8.92. The van der Waals surface area contributed by atoms with Gasteiger partial charge in [0.05, 0.1) is 6.10 Å². The van der Waals surface area contributed by atoms with Gasteiger partial charge in [0.1, 0.15) is 0 Å². The lowest BCUT2D eigenvalue weighted by Gasteiger charge is -2.58. The van der Waals surface area contributed by atoms with Crippen molar-refractivity contribution in [1.82, 2.24) is 0 Å². The SMILES string of the molecule is CCC[C@H](CC)CC[C@@H](C)[C@@H]1CC[C@@H]2[C@H]3CC=C4C[C@H](O)CC[C@@]4(C)[C@@H]3CC[C@@]21C. The van der Waals surface area contributed by atoms with Gasteiger partial charge in [-0.15, -0.1) is 0 Å². The summed E-state index contributed by atoms with van der Waals surface area (Å²) in [4.78, 5) is 0. The Morgan fingerprint density at radius 3 is 2.53 bits per heavy atom. The summed E-state index contributed by atoms with van der Waals surface area (Å²) in [6, 6.07) is 0. The van der Waals surface area contributed by atoms with Crippen LogP contribution in [0.25, 0.3) is 0 Å². The zero-order chi connectivity index (χ0) is 21.5. The van der Waals surface area contributed by atoms with Gasteiger partial charge in [-0.1, -0.05) is 78.4 Å². The highest BCUT2D eigenvalue weighted by Gasteiger charge is 2.59. The third kappa shape index (κ3) is 3.84. The molecular weight excluding hydrogens is 364 g/mol. The summed E-state index contributed by atoms with van der Waals surface area (Å²) in [7, 11) is 0. The van der Waals surface area contributed by atoms with Gasteiger partial charge in [-0.05, 0) is 97.7 Å². The molecule has 0 heterocycles. The Labute approximate surface area is 187 Å². The van der Waals surface area contributed by atoms with Crippen molar-refractivity contribution >= 4 is 0 Å². The molecule has 1 N–H and O–H groups in total. The molecule has 0 bridgehead atoms. The highest BCUT2D eigenvalue weighted by Crippen LogP contribution is 2.67. The van der Waals surface area contributed by atoms with Gasteiger partial charge in [-0.25, -0.2) is 0 Å². The van der Waals surface area contributed by atoms with Crippen LogP contribution in [0.15, 0.2) is 11.6 Å². The zero-order valence-corrected chi connectivity index (χ0v) is 20.8. The molecule has 9 atom stereocenters. The minimum atomic E-state index is -0.0777. The number of hydrogen-bond donors (Lipinski definition) is 1. The third-order valence-corrected chi connectivity index (χ3v) is 11.1. The van der Waals surface area contributed by atoms with E-state index < -0.39 is 0 Å². The molecule has 0 unspecified atom stereocenters. The van der Waals surface area contributed by atoms with Gasteiger partial charge in [0.25, 0.3) is 0 Å². The van der Waals surface area contributed by atoms with E-state index in [-0.39, 0.29) is 6.10 Å². The lowest BCUT2D eigenvalue weighted by atomic mass is 9.47. The maximum absolute atomic E-state index is 10.2. The molecule has 0 spiro atoms. The molecule has 0 aliphatic heterocycles. The van der Waals surface area contributed by atoms with E-state index in [4.69, 9.17) is 0 Å². The molecule has 4 rings (SSSR count). The van der Waals surface area contributed by atoms with Crippen LogP contribution in [0.5, 0.6) is 0 Å². The molecule has 0 aromatic carbocycles. The van der Waals surface area contributed by atoms with Crippen LogP contribution in [0.1, 0.15) is 118 Å². The van der Waals surface area contributed by atoms with Crippen LogP contribution in [-0.4, -0.2) is 11.2 Å². The molecule has 0 aromatic rings. The lowest BCUT2D eigenvalue weighted by Crippen LogP contribution is -2.50. The average Bonchev–Trinajstić information content (AvgIpc) is 3.08. The molecule has 1 nitrogen and oxygen atoms in total. The predicted octanol–water partition coefficient (Wildman–Crippen LogP) is 8.17. The van der Waals surface area contributed by atoms with Gasteiger partial charge in [0.2, 0.25) is 0 Å². The molecule has 0 radical (unpaired) electrons. The van der Waals surface area contributed by atoms with Gasteiger partial charge < -0.3 is 5.11 Å². The first-order valence-electron chi connectivity index (χ1n) is 13.7. The Hall–Kier alpha value is -0.300. The second-order valence-electron chi connectivity index (χ2n) is 12.5. The van der Waals surface area contributed by atoms with Crippen molar-refractivity contribution in [2.45, 2.75) is 124 Å². The number of hydrogen-bond acceptors (Lipinski definition) is 1. The molecule has 172 valence electrons. The summed E-state index contributed by atoms with van der Waals surface area (Å²) in [5, 5.41) is 10.2. The molecule has 1 heteroatoms. The van der Waals surface area contributed by atoms with Crippen LogP contribution >= 0.6 is 0 Å². The standard InChI is InChI=1S/C29H50O/c1-6-8-21(7-2)10-9-20(3)25-13-14-26-24-12-11-22-19-23(30)15-17-28(22,4)27(24)16-18-29(25,26)5/h11,20-21,23-27,30H,6-10,12-19H2,1-5H3/t20-,21+,23-,24-,25+,26-,27-,28-,29-/m1/s1. The number of fused-ring (bicyclic) bond motifs is 5. The maximum Gasteiger partial charge on any atom is 0.0577 e. The smallest absolute Gasteiger partial charge is 0.0577 e. The van der Waals surface area contributed by atoms with Crippen LogP contribution in [0.2, 0.25) is 0 Å². The van der Waals surface area contributed by atoms with Crippen LogP contribution < -0.4 is 0 Å². The fraction of sp³-hybridized carbons (Fsp3) is 0.931. The van der Waals surface area contributed by atoms with Crippen molar-refractivity contribution in [3.8, 4) is 0 Å². The van der Waals surface area contributed by atoms with E-state index >= 15 is 0 Å². The highest BCUT2D eigenvalue weighted by atomic mass is 16.3. The topological polar surface area (TPSA) is 20.2 Å². The number of aliphatic hydroxyl groups excluding tert-OH is 1. The summed E-state index contributed by atoms with van der Waals surface area (Å²) in [6.45, 7) is 12.6. The predicted molar refractivity (Wildman–Crippen MR) is 128 cm³/mol. The third-order valence-electron chi connectivity index (χ3n) is 11.1. The maximum atomic E-state index is 10.2. The van der Waals surface area contributed by atoms with E-state index in [0.717, 1.165) is 48.3 Å². The van der Waals surface area contributed by atoms with Gasteiger partial charge in [0.15, 0.2) is 0 Å². The molecule has 4 aliphatic carbocycles. The highest BCUT2D eigenvalue weighted by molar-refractivity contribution is 5.25. The van der Waals surface area contributed by atoms with Gasteiger partial charge >= 0.3 is 0 Å². The van der Waals surface area contributed by atoms with Gasteiger partial charge in [-0.3, -0.25) is 0 Å². The molecule has 30 heavy (non-hydrogen) atoms. The second-order valence-corrected chi connectivity index (χ2v) is 12.5. The van der Waals surface area contributed by atoms with Crippen LogP contribution in [-0.2, 0) is 0 Å². The van der Waals surface area contributed by atoms with Crippen molar-refractivity contribution in [2.24, 2.45) is 46.3 Å². The summed E-state index contributed by atoms with van der Waals surface area (Å²) < 4.78 is 0. The normalized spacial score (nSPS) is 45.1. The Morgan fingerprint density at radius 2 is 1.80 bits per heavy atom. The lowest BCUT2D eigenvalue weighted by molar-refractivity contribution is -0.0574. The van der Waals surface area contributed by atoms with Gasteiger partial charge in [-0.2, -0.15) is 0 Å². The van der Waals surface area contributed by atoms with Crippen molar-refractivity contribution in [1.29, 1.82) is 0 Å². The monoisotopic (exact) mass is 414 g/mol. The summed E-state index contributed by atoms with van der Waals surface area (Å²) in [6.07, 6.45) is 20.0. The van der Waals surface area contributed by atoms with Crippen molar-refractivity contribution < 1.29 is 5.11 Å². The van der Waals surface area contributed by atoms with Crippen molar-refractivity contribution in [3.05, 3.63) is 11.6 Å². The minimum Gasteiger partial charge on any atom is -0.393 e. The Morgan fingerprint density at radius 1 is 1.00 bits per heavy atom. The first-order valence-corrected chi connectivity index (χ1v) is 13.7. The van der Waals surface area contributed by atoms with Crippen LogP contribution in [0, 0.1) is 46.3 Å². The Bertz CT molecular complexity index is 622. The molecule has 0 saturated heterocycles. The van der Waals surface area contributed by atoms with Crippen molar-refractivity contribution in [3.63, 3.8) is 0 Å². The minimum absolute atomic E-state index is 0.0777. The summed E-state index contributed by atoms with van der Waals surface area (Å²) in [5.74, 6) is 5.55. The molecule has 0 amide bonds. The Kier molecular flexibility index (Phi) is 6.80. The summed E-state index contributed by atoms with van der Waals surface area (Å²) >= 11 is 0. The van der Waals surface area contributed by atoms with Crippen LogP contribution in [0.3, 0.4) is 0 Å². The van der Waals surface area contributed by atoms with Gasteiger partial charge in [0, 0.05) is 0 Å². The van der Waals surface area contributed by atoms with Crippen LogP contribution in [0.4, 0.5) is 0 Å². The largest absolute Gasteiger partial charge is 0.393 e. The van der Waals surface area contributed by atoms with E-state index in [1.165, 1.54) is 70.6 Å². The number of rotatable bonds is 7. The van der Waals surface area contributed by atoms with Crippen molar-refractivity contribution in [2.75, 3.05) is 0 Å². The number of allylic oxidation sites excluding steroid dienone is 1. The molecule has 4 aliphatic rings.